The van der Waals surface area contributed by atoms with Crippen molar-refractivity contribution in [3.05, 3.63) is 58.7 Å². The Kier molecular flexibility index (Phi) is 3.55. The summed E-state index contributed by atoms with van der Waals surface area (Å²) in [6.45, 7) is 0. The molecular formula is C23H26O2. The summed E-state index contributed by atoms with van der Waals surface area (Å²) in [5, 5.41) is 0. The van der Waals surface area contributed by atoms with Crippen LogP contribution < -0.4 is 9.47 Å². The van der Waals surface area contributed by atoms with E-state index in [1.54, 1.807) is 0 Å². The summed E-state index contributed by atoms with van der Waals surface area (Å²) in [4.78, 5) is 0. The molecule has 0 aliphatic heterocycles. The Morgan fingerprint density at radius 3 is 1.60 bits per heavy atom. The number of methoxy groups -OCH3 is 2. The lowest BCUT2D eigenvalue weighted by atomic mass is 9.44. The molecule has 0 amide bonds. The first kappa shape index (κ1) is 15.3. The van der Waals surface area contributed by atoms with Gasteiger partial charge in [0.2, 0.25) is 0 Å². The lowest BCUT2D eigenvalue weighted by molar-refractivity contribution is -0.0132. The standard InChI is InChI=1S/C23H26O2/c1-24-20-10-6-14-4-3-5-15-7-11-21(25-2)19(13-15)23-17-9-8-16(17)22(23)18(20)12-14/h6-7,10-13,16-17,22-23H,3-5,8-9H2,1-2H3. The summed E-state index contributed by atoms with van der Waals surface area (Å²) in [5.41, 5.74) is 5.78. The molecule has 2 nitrogen and oxygen atoms in total. The molecule has 0 aromatic heterocycles. The van der Waals surface area contributed by atoms with E-state index in [4.69, 9.17) is 9.47 Å². The van der Waals surface area contributed by atoms with Crippen LogP contribution in [0, 0.1) is 11.8 Å². The van der Waals surface area contributed by atoms with Gasteiger partial charge in [-0.15, -0.1) is 0 Å². The van der Waals surface area contributed by atoms with Crippen molar-refractivity contribution in [3.8, 4) is 11.5 Å². The number of ether oxygens (including phenoxy) is 2. The first-order valence-electron chi connectivity index (χ1n) is 9.64. The third-order valence-electron chi connectivity index (χ3n) is 6.93. The maximum absolute atomic E-state index is 5.77. The average molecular weight is 334 g/mol. The van der Waals surface area contributed by atoms with E-state index in [-0.39, 0.29) is 0 Å². The molecule has 4 atom stereocenters. The van der Waals surface area contributed by atoms with E-state index in [9.17, 15) is 0 Å². The van der Waals surface area contributed by atoms with E-state index >= 15 is 0 Å². The van der Waals surface area contributed by atoms with Crippen LogP contribution in [0.3, 0.4) is 0 Å². The molecule has 2 saturated carbocycles. The fraction of sp³-hybridized carbons (Fsp3) is 0.478. The molecule has 2 fully saturated rings. The van der Waals surface area contributed by atoms with E-state index in [2.05, 4.69) is 36.4 Å². The fourth-order valence-corrected chi connectivity index (χ4v) is 5.57. The topological polar surface area (TPSA) is 18.5 Å². The first-order valence-corrected chi connectivity index (χ1v) is 9.64. The molecule has 2 heteroatoms. The zero-order valence-electron chi connectivity index (χ0n) is 15.1. The second-order valence-corrected chi connectivity index (χ2v) is 7.96. The van der Waals surface area contributed by atoms with Crippen molar-refractivity contribution in [1.29, 1.82) is 0 Å². The Labute approximate surface area is 150 Å². The molecule has 0 saturated heterocycles. The Morgan fingerprint density at radius 1 is 0.720 bits per heavy atom. The lowest BCUT2D eigenvalue weighted by Gasteiger charge is -2.60. The van der Waals surface area contributed by atoms with Crippen molar-refractivity contribution < 1.29 is 9.47 Å². The quantitative estimate of drug-likeness (QED) is 0.761. The minimum Gasteiger partial charge on any atom is -0.496 e. The average Bonchev–Trinajstić information content (AvgIpc) is 2.63. The summed E-state index contributed by atoms with van der Waals surface area (Å²) in [5.74, 6) is 4.94. The molecule has 0 heterocycles. The molecule has 2 aromatic rings. The minimum absolute atomic E-state index is 0.580. The van der Waals surface area contributed by atoms with Crippen LogP contribution in [0.25, 0.3) is 0 Å². The monoisotopic (exact) mass is 334 g/mol. The summed E-state index contributed by atoms with van der Waals surface area (Å²) < 4.78 is 11.5. The highest BCUT2D eigenvalue weighted by atomic mass is 16.5. The summed E-state index contributed by atoms with van der Waals surface area (Å²) in [6, 6.07) is 13.8. The van der Waals surface area contributed by atoms with Gasteiger partial charge in [-0.3, -0.25) is 0 Å². The molecule has 25 heavy (non-hydrogen) atoms. The number of hydrogen-bond acceptors (Lipinski definition) is 2. The smallest absolute Gasteiger partial charge is 0.122 e. The molecule has 3 aliphatic carbocycles. The number of rotatable bonds is 2. The Hall–Kier alpha value is -1.96. The number of fused-ring (bicyclic) bond motifs is 10. The minimum atomic E-state index is 0.580. The third-order valence-corrected chi connectivity index (χ3v) is 6.93. The van der Waals surface area contributed by atoms with E-state index in [1.165, 1.54) is 41.5 Å². The van der Waals surface area contributed by atoms with Gasteiger partial charge in [0.05, 0.1) is 14.2 Å². The first-order chi connectivity index (χ1) is 12.3. The van der Waals surface area contributed by atoms with Crippen molar-refractivity contribution in [3.63, 3.8) is 0 Å². The Morgan fingerprint density at radius 2 is 1.20 bits per heavy atom. The summed E-state index contributed by atoms with van der Waals surface area (Å²) in [7, 11) is 3.62. The normalized spacial score (nSPS) is 29.2. The van der Waals surface area contributed by atoms with Crippen LogP contribution in [0.4, 0.5) is 0 Å². The fourth-order valence-electron chi connectivity index (χ4n) is 5.57. The van der Waals surface area contributed by atoms with Gasteiger partial charge in [-0.05, 0) is 90.2 Å². The van der Waals surface area contributed by atoms with Gasteiger partial charge in [0, 0.05) is 0 Å². The largest absolute Gasteiger partial charge is 0.496 e. The van der Waals surface area contributed by atoms with Crippen LogP contribution in [-0.2, 0) is 12.8 Å². The maximum Gasteiger partial charge on any atom is 0.122 e. The van der Waals surface area contributed by atoms with Crippen molar-refractivity contribution in [1.82, 2.24) is 0 Å². The van der Waals surface area contributed by atoms with E-state index in [1.807, 2.05) is 14.2 Å². The lowest BCUT2D eigenvalue weighted by Crippen LogP contribution is -2.50. The molecule has 130 valence electrons. The van der Waals surface area contributed by atoms with Crippen LogP contribution >= 0.6 is 0 Å². The molecule has 0 spiro atoms. The van der Waals surface area contributed by atoms with Crippen molar-refractivity contribution >= 4 is 0 Å². The van der Waals surface area contributed by atoms with Gasteiger partial charge in [-0.1, -0.05) is 24.3 Å². The molecule has 0 radical (unpaired) electrons. The highest BCUT2D eigenvalue weighted by molar-refractivity contribution is 5.50. The van der Waals surface area contributed by atoms with Crippen molar-refractivity contribution in [2.24, 2.45) is 11.8 Å². The predicted octanol–water partition coefficient (Wildman–Crippen LogP) is 5.10. The third kappa shape index (κ3) is 2.23. The molecule has 0 N–H and O–H groups in total. The second kappa shape index (κ2) is 5.79. The summed E-state index contributed by atoms with van der Waals surface area (Å²) >= 11 is 0. The van der Waals surface area contributed by atoms with E-state index < -0.39 is 0 Å². The SMILES string of the molecule is COc1ccc2cc1C1C3CCC3C1c1cc(ccc1OC)CCC2. The molecule has 5 rings (SSSR count). The molecule has 2 aromatic carbocycles. The van der Waals surface area contributed by atoms with Gasteiger partial charge in [0.25, 0.3) is 0 Å². The second-order valence-electron chi connectivity index (χ2n) is 7.96. The van der Waals surface area contributed by atoms with Gasteiger partial charge >= 0.3 is 0 Å². The highest BCUT2D eigenvalue weighted by Gasteiger charge is 2.57. The Bertz CT molecular complexity index is 742. The molecular weight excluding hydrogens is 308 g/mol. The number of hydrogen-bond donors (Lipinski definition) is 0. The van der Waals surface area contributed by atoms with Crippen LogP contribution in [0.5, 0.6) is 11.5 Å². The van der Waals surface area contributed by atoms with E-state index in [0.29, 0.717) is 11.8 Å². The maximum atomic E-state index is 5.77. The van der Waals surface area contributed by atoms with Gasteiger partial charge in [-0.25, -0.2) is 0 Å². The summed E-state index contributed by atoms with van der Waals surface area (Å²) in [6.07, 6.45) is 6.20. The zero-order chi connectivity index (χ0) is 17.0. The van der Waals surface area contributed by atoms with Gasteiger partial charge in [0.1, 0.15) is 11.5 Å². The van der Waals surface area contributed by atoms with E-state index in [0.717, 1.165) is 36.2 Å². The highest BCUT2D eigenvalue weighted by Crippen LogP contribution is 2.68. The van der Waals surface area contributed by atoms with Crippen LogP contribution in [0.1, 0.15) is 53.4 Å². The number of benzene rings is 2. The van der Waals surface area contributed by atoms with Crippen LogP contribution in [-0.4, -0.2) is 14.2 Å². The van der Waals surface area contributed by atoms with Crippen molar-refractivity contribution in [2.45, 2.75) is 43.9 Å². The predicted molar refractivity (Wildman–Crippen MR) is 99.7 cm³/mol. The molecule has 4 bridgehead atoms. The molecule has 4 unspecified atom stereocenters. The zero-order valence-corrected chi connectivity index (χ0v) is 15.1. The van der Waals surface area contributed by atoms with Crippen LogP contribution in [0.2, 0.25) is 0 Å². The van der Waals surface area contributed by atoms with Crippen molar-refractivity contribution in [2.75, 3.05) is 14.2 Å². The number of aryl methyl sites for hydroxylation is 2. The van der Waals surface area contributed by atoms with Gasteiger partial charge in [0.15, 0.2) is 0 Å². The van der Waals surface area contributed by atoms with Gasteiger partial charge < -0.3 is 9.47 Å². The van der Waals surface area contributed by atoms with Gasteiger partial charge in [-0.2, -0.15) is 0 Å². The molecule has 3 aliphatic rings. The van der Waals surface area contributed by atoms with Crippen LogP contribution in [0.15, 0.2) is 36.4 Å². The Balaban J connectivity index is 1.68.